The maximum absolute atomic E-state index is 11.8. The van der Waals surface area contributed by atoms with Crippen molar-refractivity contribution in [3.05, 3.63) is 34.3 Å². The monoisotopic (exact) mass is 342 g/mol. The van der Waals surface area contributed by atoms with Crippen molar-refractivity contribution < 1.29 is 14.7 Å². The highest BCUT2D eigenvalue weighted by Gasteiger charge is 2.19. The molecule has 0 aromatic heterocycles. The number of hydrogen-bond acceptors (Lipinski definition) is 2. The second-order valence-electron chi connectivity index (χ2n) is 4.57. The minimum Gasteiger partial charge on any atom is -0.480 e. The van der Waals surface area contributed by atoms with Crippen molar-refractivity contribution in [3.8, 4) is 0 Å². The fourth-order valence-electron chi connectivity index (χ4n) is 1.80. The fraction of sp³-hybridized carbons (Fsp3) is 0.429. The van der Waals surface area contributed by atoms with Crippen LogP contribution in [0.1, 0.15) is 38.3 Å². The van der Waals surface area contributed by atoms with Crippen LogP contribution in [0.3, 0.4) is 0 Å². The summed E-state index contributed by atoms with van der Waals surface area (Å²) in [6.07, 6.45) is 1.10. The van der Waals surface area contributed by atoms with Gasteiger partial charge in [0.25, 0.3) is 0 Å². The van der Waals surface area contributed by atoms with Gasteiger partial charge in [-0.2, -0.15) is 0 Å². The Hall–Kier alpha value is -1.56. The first-order valence-electron chi connectivity index (χ1n) is 6.49. The van der Waals surface area contributed by atoms with Crippen LogP contribution in [0.5, 0.6) is 0 Å². The highest BCUT2D eigenvalue weighted by atomic mass is 79.9. The van der Waals surface area contributed by atoms with Gasteiger partial charge in [-0.25, -0.2) is 9.59 Å². The van der Waals surface area contributed by atoms with Gasteiger partial charge in [0.15, 0.2) is 0 Å². The molecule has 20 heavy (non-hydrogen) atoms. The van der Waals surface area contributed by atoms with Gasteiger partial charge in [0.2, 0.25) is 0 Å². The number of nitrogens with one attached hydrogen (secondary N) is 2. The molecule has 0 bridgehead atoms. The van der Waals surface area contributed by atoms with Gasteiger partial charge in [-0.05, 0) is 31.0 Å². The third kappa shape index (κ3) is 5.21. The Balaban J connectivity index is 2.59. The van der Waals surface area contributed by atoms with E-state index in [-0.39, 0.29) is 6.04 Å². The summed E-state index contributed by atoms with van der Waals surface area (Å²) in [4.78, 5) is 22.8. The lowest BCUT2D eigenvalue weighted by molar-refractivity contribution is -0.139. The largest absolute Gasteiger partial charge is 0.480 e. The molecule has 110 valence electrons. The molecule has 6 heteroatoms. The maximum atomic E-state index is 11.8. The summed E-state index contributed by atoms with van der Waals surface area (Å²) in [6.45, 7) is 3.72. The van der Waals surface area contributed by atoms with Gasteiger partial charge in [-0.15, -0.1) is 0 Å². The maximum Gasteiger partial charge on any atom is 0.326 e. The van der Waals surface area contributed by atoms with Gasteiger partial charge < -0.3 is 15.7 Å². The van der Waals surface area contributed by atoms with Crippen molar-refractivity contribution in [1.82, 2.24) is 10.6 Å². The summed E-state index contributed by atoms with van der Waals surface area (Å²) in [5.41, 5.74) is 0.942. The van der Waals surface area contributed by atoms with E-state index in [1.807, 2.05) is 38.1 Å². The SMILES string of the molecule is CCC[C@H](NC(=O)NC(C)c1cccc(Br)c1)C(=O)O. The zero-order chi connectivity index (χ0) is 15.1. The topological polar surface area (TPSA) is 78.4 Å². The van der Waals surface area contributed by atoms with Crippen LogP contribution in [0.4, 0.5) is 4.79 Å². The Morgan fingerprint density at radius 3 is 2.60 bits per heavy atom. The average molecular weight is 343 g/mol. The number of carbonyl (C=O) groups excluding carboxylic acids is 1. The number of urea groups is 1. The van der Waals surface area contributed by atoms with E-state index in [4.69, 9.17) is 5.11 Å². The minimum atomic E-state index is -1.02. The second kappa shape index (κ2) is 7.89. The molecule has 0 aliphatic heterocycles. The smallest absolute Gasteiger partial charge is 0.326 e. The van der Waals surface area contributed by atoms with Crippen molar-refractivity contribution in [2.75, 3.05) is 0 Å². The number of carboxylic acids is 1. The molecule has 3 N–H and O–H groups in total. The molecule has 0 spiro atoms. The number of rotatable bonds is 6. The number of carboxylic acid groups (broad SMARTS) is 1. The minimum absolute atomic E-state index is 0.205. The standard InChI is InChI=1S/C14H19BrN2O3/c1-3-5-12(13(18)19)17-14(20)16-9(2)10-6-4-7-11(15)8-10/h4,6-9,12H,3,5H2,1-2H3,(H,18,19)(H2,16,17,20)/t9?,12-/m0/s1. The number of aliphatic carboxylic acids is 1. The molecule has 0 heterocycles. The van der Waals surface area contributed by atoms with E-state index in [2.05, 4.69) is 26.6 Å². The van der Waals surface area contributed by atoms with Crippen molar-refractivity contribution in [2.24, 2.45) is 0 Å². The lowest BCUT2D eigenvalue weighted by Gasteiger charge is -2.18. The van der Waals surface area contributed by atoms with Gasteiger partial charge in [0.1, 0.15) is 6.04 Å². The van der Waals surface area contributed by atoms with Gasteiger partial charge >= 0.3 is 12.0 Å². The number of halogens is 1. The third-order valence-corrected chi connectivity index (χ3v) is 3.37. The first-order chi connectivity index (χ1) is 9.43. The predicted molar refractivity (Wildman–Crippen MR) is 80.6 cm³/mol. The summed E-state index contributed by atoms with van der Waals surface area (Å²) >= 11 is 3.37. The Kier molecular flexibility index (Phi) is 6.51. The van der Waals surface area contributed by atoms with Crippen molar-refractivity contribution in [2.45, 2.75) is 38.8 Å². The van der Waals surface area contributed by atoms with Crippen LogP contribution in [-0.2, 0) is 4.79 Å². The van der Waals surface area contributed by atoms with Gasteiger partial charge in [0, 0.05) is 4.47 Å². The molecule has 0 radical (unpaired) electrons. The predicted octanol–water partition coefficient (Wildman–Crippen LogP) is 3.06. The fourth-order valence-corrected chi connectivity index (χ4v) is 2.22. The number of hydrogen-bond donors (Lipinski definition) is 3. The van der Waals surface area contributed by atoms with Crippen LogP contribution >= 0.6 is 15.9 Å². The molecule has 2 atom stereocenters. The van der Waals surface area contributed by atoms with Crippen molar-refractivity contribution in [3.63, 3.8) is 0 Å². The van der Waals surface area contributed by atoms with Crippen LogP contribution in [-0.4, -0.2) is 23.1 Å². The van der Waals surface area contributed by atoms with E-state index >= 15 is 0 Å². The van der Waals surface area contributed by atoms with Crippen LogP contribution < -0.4 is 10.6 Å². The molecule has 1 rings (SSSR count). The van der Waals surface area contributed by atoms with Gasteiger partial charge in [-0.3, -0.25) is 0 Å². The van der Waals surface area contributed by atoms with Gasteiger partial charge in [0.05, 0.1) is 6.04 Å². The highest BCUT2D eigenvalue weighted by Crippen LogP contribution is 2.17. The van der Waals surface area contributed by atoms with Crippen molar-refractivity contribution >= 4 is 27.9 Å². The third-order valence-electron chi connectivity index (χ3n) is 2.88. The Bertz CT molecular complexity index is 479. The zero-order valence-corrected chi connectivity index (χ0v) is 13.1. The van der Waals surface area contributed by atoms with Gasteiger partial charge in [-0.1, -0.05) is 41.4 Å². The van der Waals surface area contributed by atoms with E-state index in [1.165, 1.54) is 0 Å². The molecule has 2 amide bonds. The molecule has 1 aromatic rings. The van der Waals surface area contributed by atoms with Crippen LogP contribution in [0, 0.1) is 0 Å². The van der Waals surface area contributed by atoms with Crippen LogP contribution in [0.15, 0.2) is 28.7 Å². The Morgan fingerprint density at radius 2 is 2.05 bits per heavy atom. The molecule has 0 aliphatic carbocycles. The molecule has 0 fully saturated rings. The lowest BCUT2D eigenvalue weighted by Crippen LogP contribution is -2.46. The van der Waals surface area contributed by atoms with E-state index in [0.717, 1.165) is 10.0 Å². The Labute approximate surface area is 126 Å². The summed E-state index contributed by atoms with van der Waals surface area (Å²) in [5.74, 6) is -1.02. The summed E-state index contributed by atoms with van der Waals surface area (Å²) in [6, 6.07) is 6.06. The number of carbonyl (C=O) groups is 2. The van der Waals surface area contributed by atoms with E-state index in [0.29, 0.717) is 12.8 Å². The average Bonchev–Trinajstić information content (AvgIpc) is 2.38. The summed E-state index contributed by atoms with van der Waals surface area (Å²) in [7, 11) is 0. The molecule has 0 aliphatic rings. The second-order valence-corrected chi connectivity index (χ2v) is 5.49. The van der Waals surface area contributed by atoms with E-state index in [9.17, 15) is 9.59 Å². The normalized spacial score (nSPS) is 13.3. The van der Waals surface area contributed by atoms with E-state index < -0.39 is 18.0 Å². The molecule has 1 unspecified atom stereocenters. The number of benzene rings is 1. The zero-order valence-electron chi connectivity index (χ0n) is 11.5. The molecular formula is C14H19BrN2O3. The first-order valence-corrected chi connectivity index (χ1v) is 7.28. The number of amides is 2. The lowest BCUT2D eigenvalue weighted by atomic mass is 10.1. The van der Waals surface area contributed by atoms with Crippen molar-refractivity contribution in [1.29, 1.82) is 0 Å². The molecule has 0 saturated carbocycles. The quantitative estimate of drug-likeness (QED) is 0.743. The Morgan fingerprint density at radius 1 is 1.35 bits per heavy atom. The van der Waals surface area contributed by atoms with Crippen LogP contribution in [0.2, 0.25) is 0 Å². The molecule has 0 saturated heterocycles. The summed E-state index contributed by atoms with van der Waals surface area (Å²) < 4.78 is 0.929. The highest BCUT2D eigenvalue weighted by molar-refractivity contribution is 9.10. The molecule has 5 nitrogen and oxygen atoms in total. The summed E-state index contributed by atoms with van der Waals surface area (Å²) in [5, 5.41) is 14.2. The molecule has 1 aromatic carbocycles. The van der Waals surface area contributed by atoms with Crippen LogP contribution in [0.25, 0.3) is 0 Å². The first kappa shape index (κ1) is 16.5. The molecular weight excluding hydrogens is 324 g/mol. The van der Waals surface area contributed by atoms with E-state index in [1.54, 1.807) is 0 Å².